The molecule has 0 spiro atoms. The zero-order valence-corrected chi connectivity index (χ0v) is 11.6. The second kappa shape index (κ2) is 8.12. The van der Waals surface area contributed by atoms with Crippen molar-refractivity contribution in [2.45, 2.75) is 32.2 Å². The van der Waals surface area contributed by atoms with Crippen molar-refractivity contribution >= 4 is 11.9 Å². The molecule has 1 fully saturated rings. The number of ether oxygens (including phenoxy) is 2. The maximum Gasteiger partial charge on any atom is 0.308 e. The van der Waals surface area contributed by atoms with Crippen LogP contribution in [0.2, 0.25) is 0 Å². The second-order valence-corrected chi connectivity index (χ2v) is 4.77. The van der Waals surface area contributed by atoms with Gasteiger partial charge in [-0.3, -0.25) is 9.59 Å². The fourth-order valence-electron chi connectivity index (χ4n) is 2.37. The number of methoxy groups -OCH3 is 1. The molecule has 0 unspecified atom stereocenters. The van der Waals surface area contributed by atoms with Crippen LogP contribution in [0.1, 0.15) is 26.2 Å². The van der Waals surface area contributed by atoms with Gasteiger partial charge in [-0.1, -0.05) is 0 Å². The molecule has 1 N–H and O–H groups in total. The lowest BCUT2D eigenvalue weighted by molar-refractivity contribution is -0.149. The molecule has 19 heavy (non-hydrogen) atoms. The van der Waals surface area contributed by atoms with Crippen LogP contribution in [0.4, 0.5) is 0 Å². The Bertz CT molecular complexity index is 307. The van der Waals surface area contributed by atoms with E-state index in [0.717, 1.165) is 6.42 Å². The first kappa shape index (κ1) is 15.9. The maximum absolute atomic E-state index is 12.0. The Labute approximate surface area is 113 Å². The molecular weight excluding hydrogens is 250 g/mol. The number of amides is 1. The molecular formula is C13H23NO5. The van der Waals surface area contributed by atoms with Crippen LogP contribution < -0.4 is 0 Å². The van der Waals surface area contributed by atoms with E-state index in [2.05, 4.69) is 0 Å². The largest absolute Gasteiger partial charge is 0.481 e. The van der Waals surface area contributed by atoms with Crippen LogP contribution in [0.3, 0.4) is 0 Å². The van der Waals surface area contributed by atoms with E-state index in [4.69, 9.17) is 14.6 Å². The smallest absolute Gasteiger partial charge is 0.308 e. The summed E-state index contributed by atoms with van der Waals surface area (Å²) in [7, 11) is 1.59. The summed E-state index contributed by atoms with van der Waals surface area (Å²) in [6.07, 6.45) is 1.68. The SMILES string of the molecule is COCCOCCC(=O)N1CCC[C@H](C(=O)O)[C@@H]1C. The number of piperidine rings is 1. The van der Waals surface area contributed by atoms with Crippen molar-refractivity contribution in [1.29, 1.82) is 0 Å². The zero-order valence-electron chi connectivity index (χ0n) is 11.6. The van der Waals surface area contributed by atoms with Crippen LogP contribution in [0.25, 0.3) is 0 Å². The van der Waals surface area contributed by atoms with Crippen LogP contribution in [-0.2, 0) is 19.1 Å². The molecule has 110 valence electrons. The molecule has 1 aliphatic rings. The molecule has 0 aromatic rings. The summed E-state index contributed by atoms with van der Waals surface area (Å²) in [4.78, 5) is 24.8. The van der Waals surface area contributed by atoms with Crippen LogP contribution in [0.5, 0.6) is 0 Å². The van der Waals surface area contributed by atoms with Gasteiger partial charge < -0.3 is 19.5 Å². The number of carbonyl (C=O) groups excluding carboxylic acids is 1. The van der Waals surface area contributed by atoms with Crippen molar-refractivity contribution in [2.75, 3.05) is 33.5 Å². The molecule has 6 nitrogen and oxygen atoms in total. The number of hydrogen-bond donors (Lipinski definition) is 1. The molecule has 1 heterocycles. The van der Waals surface area contributed by atoms with Crippen molar-refractivity contribution < 1.29 is 24.2 Å². The van der Waals surface area contributed by atoms with E-state index in [-0.39, 0.29) is 11.9 Å². The molecule has 0 radical (unpaired) electrons. The Balaban J connectivity index is 2.36. The monoisotopic (exact) mass is 273 g/mol. The van der Waals surface area contributed by atoms with Gasteiger partial charge in [0.15, 0.2) is 0 Å². The van der Waals surface area contributed by atoms with E-state index < -0.39 is 11.9 Å². The van der Waals surface area contributed by atoms with E-state index in [1.165, 1.54) is 0 Å². The van der Waals surface area contributed by atoms with Crippen molar-refractivity contribution in [3.05, 3.63) is 0 Å². The molecule has 0 aromatic heterocycles. The Kier molecular flexibility index (Phi) is 6.80. The summed E-state index contributed by atoms with van der Waals surface area (Å²) >= 11 is 0. The Morgan fingerprint density at radius 1 is 1.32 bits per heavy atom. The number of carboxylic acid groups (broad SMARTS) is 1. The third-order valence-corrected chi connectivity index (χ3v) is 3.52. The van der Waals surface area contributed by atoms with E-state index in [9.17, 15) is 9.59 Å². The third kappa shape index (κ3) is 4.80. The fraction of sp³-hybridized carbons (Fsp3) is 0.846. The van der Waals surface area contributed by atoms with Crippen LogP contribution >= 0.6 is 0 Å². The molecule has 1 saturated heterocycles. The van der Waals surface area contributed by atoms with E-state index in [0.29, 0.717) is 39.2 Å². The number of carboxylic acids is 1. The highest BCUT2D eigenvalue weighted by molar-refractivity contribution is 5.78. The maximum atomic E-state index is 12.0. The van der Waals surface area contributed by atoms with Gasteiger partial charge in [-0.15, -0.1) is 0 Å². The highest BCUT2D eigenvalue weighted by Crippen LogP contribution is 2.24. The summed E-state index contributed by atoms with van der Waals surface area (Å²) in [5.41, 5.74) is 0. The lowest BCUT2D eigenvalue weighted by atomic mass is 9.90. The minimum atomic E-state index is -0.818. The molecule has 1 rings (SSSR count). The molecule has 0 aliphatic carbocycles. The van der Waals surface area contributed by atoms with E-state index in [1.807, 2.05) is 6.92 Å². The molecule has 0 saturated carbocycles. The molecule has 1 aliphatic heterocycles. The van der Waals surface area contributed by atoms with Crippen molar-refractivity contribution in [3.8, 4) is 0 Å². The molecule has 2 atom stereocenters. The number of hydrogen-bond acceptors (Lipinski definition) is 4. The average molecular weight is 273 g/mol. The van der Waals surface area contributed by atoms with E-state index >= 15 is 0 Å². The Morgan fingerprint density at radius 2 is 2.05 bits per heavy atom. The van der Waals surface area contributed by atoms with Crippen molar-refractivity contribution in [1.82, 2.24) is 4.90 Å². The van der Waals surface area contributed by atoms with Gasteiger partial charge in [0.1, 0.15) is 0 Å². The van der Waals surface area contributed by atoms with Crippen LogP contribution in [0.15, 0.2) is 0 Å². The Morgan fingerprint density at radius 3 is 2.68 bits per heavy atom. The van der Waals surface area contributed by atoms with Gasteiger partial charge in [0.05, 0.1) is 32.2 Å². The fourth-order valence-corrected chi connectivity index (χ4v) is 2.37. The highest BCUT2D eigenvalue weighted by atomic mass is 16.5. The molecule has 0 bridgehead atoms. The molecule has 1 amide bonds. The lowest BCUT2D eigenvalue weighted by Gasteiger charge is -2.37. The van der Waals surface area contributed by atoms with Gasteiger partial charge in [0.25, 0.3) is 0 Å². The standard InChI is InChI=1S/C13H23NO5/c1-10-11(13(16)17)4-3-6-14(10)12(15)5-7-19-9-8-18-2/h10-11H,3-9H2,1-2H3,(H,16,17)/t10-,11-/m0/s1. The van der Waals surface area contributed by atoms with Crippen LogP contribution in [0, 0.1) is 5.92 Å². The molecule has 0 aromatic carbocycles. The number of likely N-dealkylation sites (tertiary alicyclic amines) is 1. The van der Waals surface area contributed by atoms with Gasteiger partial charge in [0, 0.05) is 19.7 Å². The minimum Gasteiger partial charge on any atom is -0.481 e. The lowest BCUT2D eigenvalue weighted by Crippen LogP contribution is -2.49. The molecule has 6 heteroatoms. The van der Waals surface area contributed by atoms with Crippen molar-refractivity contribution in [2.24, 2.45) is 5.92 Å². The predicted octanol–water partition coefficient (Wildman–Crippen LogP) is 0.751. The first-order valence-corrected chi connectivity index (χ1v) is 6.67. The van der Waals surface area contributed by atoms with Gasteiger partial charge in [0.2, 0.25) is 5.91 Å². The normalized spacial score (nSPS) is 23.4. The van der Waals surface area contributed by atoms with Gasteiger partial charge in [-0.25, -0.2) is 0 Å². The quantitative estimate of drug-likeness (QED) is 0.693. The average Bonchev–Trinajstić information content (AvgIpc) is 2.38. The van der Waals surface area contributed by atoms with Gasteiger partial charge in [-0.2, -0.15) is 0 Å². The third-order valence-electron chi connectivity index (χ3n) is 3.52. The van der Waals surface area contributed by atoms with Crippen molar-refractivity contribution in [3.63, 3.8) is 0 Å². The number of aliphatic carboxylic acids is 1. The summed E-state index contributed by atoms with van der Waals surface area (Å²) < 4.78 is 10.1. The summed E-state index contributed by atoms with van der Waals surface area (Å²) in [6, 6.07) is -0.238. The summed E-state index contributed by atoms with van der Waals surface area (Å²) in [6.45, 7) is 3.78. The van der Waals surface area contributed by atoms with Crippen LogP contribution in [-0.4, -0.2) is 61.4 Å². The Hall–Kier alpha value is -1.14. The topological polar surface area (TPSA) is 76.1 Å². The first-order chi connectivity index (χ1) is 9.07. The first-order valence-electron chi connectivity index (χ1n) is 6.67. The van der Waals surface area contributed by atoms with E-state index in [1.54, 1.807) is 12.0 Å². The number of nitrogens with zero attached hydrogens (tertiary/aromatic N) is 1. The number of carbonyl (C=O) groups is 2. The highest BCUT2D eigenvalue weighted by Gasteiger charge is 2.34. The number of rotatable bonds is 7. The zero-order chi connectivity index (χ0) is 14.3. The minimum absolute atomic E-state index is 0.0316. The summed E-state index contributed by atoms with van der Waals surface area (Å²) in [5.74, 6) is -1.30. The predicted molar refractivity (Wildman–Crippen MR) is 68.8 cm³/mol. The second-order valence-electron chi connectivity index (χ2n) is 4.77. The summed E-state index contributed by atoms with van der Waals surface area (Å²) in [5, 5.41) is 9.10. The van der Waals surface area contributed by atoms with Gasteiger partial charge >= 0.3 is 5.97 Å². The van der Waals surface area contributed by atoms with Gasteiger partial charge in [-0.05, 0) is 19.8 Å².